The molecule has 0 saturated carbocycles. The largest absolute Gasteiger partial charge is 0.492 e. The summed E-state index contributed by atoms with van der Waals surface area (Å²) in [6, 6.07) is 1.29. The van der Waals surface area contributed by atoms with Gasteiger partial charge in [0.2, 0.25) is 18.3 Å². The van der Waals surface area contributed by atoms with Crippen molar-refractivity contribution in [3.8, 4) is 23.0 Å². The Balaban J connectivity index is 1.63. The van der Waals surface area contributed by atoms with Crippen LogP contribution in [0.5, 0.6) is 23.0 Å². The fraction of sp³-hybridized carbons (Fsp3) is 0.409. The maximum Gasteiger partial charge on any atom is 0.356 e. The molecule has 0 radical (unpaired) electrons. The summed E-state index contributed by atoms with van der Waals surface area (Å²) in [5.74, 6) is 0.235. The number of methoxy groups -OCH3 is 2. The van der Waals surface area contributed by atoms with E-state index >= 15 is 0 Å². The molecule has 2 aromatic rings. The van der Waals surface area contributed by atoms with Crippen molar-refractivity contribution in [2.45, 2.75) is 32.5 Å². The number of carbonyl (C=O) groups excluding carboxylic acids is 2. The summed E-state index contributed by atoms with van der Waals surface area (Å²) < 4.78 is 32.2. The van der Waals surface area contributed by atoms with E-state index in [0.717, 1.165) is 0 Å². The van der Waals surface area contributed by atoms with Gasteiger partial charge in [-0.2, -0.15) is 5.10 Å². The van der Waals surface area contributed by atoms with Crippen LogP contribution in [0.4, 0.5) is 0 Å². The van der Waals surface area contributed by atoms with E-state index in [1.54, 1.807) is 6.92 Å². The second kappa shape index (κ2) is 10.9. The lowest BCUT2D eigenvalue weighted by Crippen LogP contribution is -2.20. The average Bonchev–Trinajstić information content (AvgIpc) is 3.65. The lowest BCUT2D eigenvalue weighted by Gasteiger charge is -2.19. The highest BCUT2D eigenvalue weighted by Gasteiger charge is 2.34. The van der Waals surface area contributed by atoms with Crippen molar-refractivity contribution < 1.29 is 47.7 Å². The number of nitrogens with one attached hydrogen (secondary N) is 1. The van der Waals surface area contributed by atoms with E-state index in [4.69, 9.17) is 38.2 Å². The van der Waals surface area contributed by atoms with Crippen LogP contribution in [0.1, 0.15) is 40.7 Å². The smallest absolute Gasteiger partial charge is 0.356 e. The third-order valence-corrected chi connectivity index (χ3v) is 5.26. The molecule has 14 heteroatoms. The molecule has 3 heterocycles. The molecule has 0 bridgehead atoms. The SMILES string of the molecule is CCOC(=O)C1=NOC(Cc2c(/C=N\NC(=O)c3cc(CO)on3)c(OC)c3c(c2OC)OCO3)C1. The highest BCUT2D eigenvalue weighted by molar-refractivity contribution is 6.36. The molecule has 192 valence electrons. The van der Waals surface area contributed by atoms with Gasteiger partial charge in [-0.15, -0.1) is 0 Å². The Kier molecular flexibility index (Phi) is 7.53. The summed E-state index contributed by atoms with van der Waals surface area (Å²) >= 11 is 0. The van der Waals surface area contributed by atoms with Crippen LogP contribution in [0.25, 0.3) is 0 Å². The zero-order valence-corrected chi connectivity index (χ0v) is 19.7. The van der Waals surface area contributed by atoms with E-state index < -0.39 is 24.6 Å². The van der Waals surface area contributed by atoms with Gasteiger partial charge < -0.3 is 38.2 Å². The molecule has 0 saturated heterocycles. The van der Waals surface area contributed by atoms with Gasteiger partial charge in [-0.1, -0.05) is 10.3 Å². The number of carbonyl (C=O) groups is 2. The van der Waals surface area contributed by atoms with Crippen LogP contribution >= 0.6 is 0 Å². The van der Waals surface area contributed by atoms with Crippen LogP contribution in [0.3, 0.4) is 0 Å². The normalized spacial score (nSPS) is 16.0. The van der Waals surface area contributed by atoms with Gasteiger partial charge in [0.05, 0.1) is 27.0 Å². The third kappa shape index (κ3) is 4.88. The second-order valence-electron chi connectivity index (χ2n) is 7.45. The minimum Gasteiger partial charge on any atom is -0.492 e. The molecule has 0 fully saturated rings. The maximum atomic E-state index is 12.3. The van der Waals surface area contributed by atoms with Crippen molar-refractivity contribution in [2.24, 2.45) is 10.3 Å². The number of aliphatic hydroxyl groups excluding tert-OH is 1. The van der Waals surface area contributed by atoms with Crippen molar-refractivity contribution in [1.29, 1.82) is 0 Å². The van der Waals surface area contributed by atoms with E-state index in [9.17, 15) is 9.59 Å². The Morgan fingerprint density at radius 3 is 2.67 bits per heavy atom. The summed E-state index contributed by atoms with van der Waals surface area (Å²) in [5, 5.41) is 20.5. The lowest BCUT2D eigenvalue weighted by atomic mass is 9.96. The van der Waals surface area contributed by atoms with Crippen LogP contribution in [0.2, 0.25) is 0 Å². The van der Waals surface area contributed by atoms with Gasteiger partial charge in [-0.3, -0.25) is 4.79 Å². The molecule has 36 heavy (non-hydrogen) atoms. The number of esters is 1. The molecule has 1 aromatic carbocycles. The average molecular weight is 504 g/mol. The Morgan fingerprint density at radius 2 is 2.00 bits per heavy atom. The number of hydrazone groups is 1. The number of oxime groups is 1. The number of rotatable bonds is 10. The van der Waals surface area contributed by atoms with Crippen LogP contribution in [0.15, 0.2) is 20.8 Å². The first-order valence-corrected chi connectivity index (χ1v) is 10.9. The molecular weight excluding hydrogens is 480 g/mol. The van der Waals surface area contributed by atoms with E-state index in [2.05, 4.69) is 20.8 Å². The van der Waals surface area contributed by atoms with E-state index in [0.29, 0.717) is 34.1 Å². The van der Waals surface area contributed by atoms with Crippen molar-refractivity contribution in [2.75, 3.05) is 27.6 Å². The monoisotopic (exact) mass is 504 g/mol. The molecule has 2 N–H and O–H groups in total. The number of benzene rings is 1. The van der Waals surface area contributed by atoms with Gasteiger partial charge in [-0.25, -0.2) is 10.2 Å². The highest BCUT2D eigenvalue weighted by atomic mass is 16.7. The summed E-state index contributed by atoms with van der Waals surface area (Å²) in [5.41, 5.74) is 3.43. The molecule has 2 aliphatic heterocycles. The predicted octanol–water partition coefficient (Wildman–Crippen LogP) is 0.927. The minimum atomic E-state index is -0.658. The summed E-state index contributed by atoms with van der Waals surface area (Å²) in [7, 11) is 2.92. The van der Waals surface area contributed by atoms with Gasteiger partial charge in [0.1, 0.15) is 12.7 Å². The van der Waals surface area contributed by atoms with Gasteiger partial charge in [-0.05, 0) is 6.92 Å². The number of hydrogen-bond donors (Lipinski definition) is 2. The summed E-state index contributed by atoms with van der Waals surface area (Å²) in [6.07, 6.45) is 1.27. The van der Waals surface area contributed by atoms with Crippen LogP contribution in [-0.4, -0.2) is 67.8 Å². The zero-order chi connectivity index (χ0) is 25.7. The molecule has 1 atom stereocenters. The van der Waals surface area contributed by atoms with Gasteiger partial charge in [0.15, 0.2) is 28.7 Å². The topological polar surface area (TPSA) is 173 Å². The molecule has 0 aliphatic carbocycles. The standard InChI is InChI=1S/C22H24N4O10/c1-4-32-22(29)16-6-11(35-26-16)5-13-14(8-23-24-21(28)15-7-12(9-27)36-25-15)18(31-3)20-19(17(13)30-2)33-10-34-20/h7-8,11,27H,4-6,9-10H2,1-3H3,(H,24,28)/b23-8-. The number of amides is 1. The quantitative estimate of drug-likeness (QED) is 0.268. The maximum absolute atomic E-state index is 12.3. The highest BCUT2D eigenvalue weighted by Crippen LogP contribution is 2.52. The molecule has 1 aromatic heterocycles. The molecule has 4 rings (SSSR count). The molecule has 1 unspecified atom stereocenters. The predicted molar refractivity (Wildman–Crippen MR) is 120 cm³/mol. The van der Waals surface area contributed by atoms with E-state index in [1.165, 1.54) is 26.5 Å². The van der Waals surface area contributed by atoms with Crippen LogP contribution < -0.4 is 24.4 Å². The van der Waals surface area contributed by atoms with E-state index in [1.807, 2.05) is 0 Å². The number of nitrogens with zero attached hydrogens (tertiary/aromatic N) is 3. The lowest BCUT2D eigenvalue weighted by molar-refractivity contribution is -0.135. The number of aliphatic hydroxyl groups is 1. The Bertz CT molecular complexity index is 1210. The fourth-order valence-corrected chi connectivity index (χ4v) is 3.70. The Labute approximate surface area is 204 Å². The first kappa shape index (κ1) is 24.8. The Morgan fingerprint density at radius 1 is 1.25 bits per heavy atom. The molecule has 14 nitrogen and oxygen atoms in total. The number of hydrogen-bond acceptors (Lipinski definition) is 13. The van der Waals surface area contributed by atoms with E-state index in [-0.39, 0.29) is 43.4 Å². The summed E-state index contributed by atoms with van der Waals surface area (Å²) in [4.78, 5) is 29.8. The molecular formula is C22H24N4O10. The molecule has 1 amide bonds. The summed E-state index contributed by atoms with van der Waals surface area (Å²) in [6.45, 7) is 1.48. The van der Waals surface area contributed by atoms with Gasteiger partial charge >= 0.3 is 5.97 Å². The molecule has 0 spiro atoms. The number of fused-ring (bicyclic) bond motifs is 1. The number of aromatic nitrogens is 1. The van der Waals surface area contributed by atoms with Crippen molar-refractivity contribution >= 4 is 23.8 Å². The Hall–Kier alpha value is -4.33. The van der Waals surface area contributed by atoms with Gasteiger partial charge in [0.25, 0.3) is 5.91 Å². The first-order valence-electron chi connectivity index (χ1n) is 10.9. The van der Waals surface area contributed by atoms with Crippen molar-refractivity contribution in [3.05, 3.63) is 28.6 Å². The van der Waals surface area contributed by atoms with Crippen molar-refractivity contribution in [3.63, 3.8) is 0 Å². The van der Waals surface area contributed by atoms with Crippen molar-refractivity contribution in [1.82, 2.24) is 10.6 Å². The zero-order valence-electron chi connectivity index (χ0n) is 19.7. The minimum absolute atomic E-state index is 0.0474. The molecule has 2 aliphatic rings. The fourth-order valence-electron chi connectivity index (χ4n) is 3.70. The number of ether oxygens (including phenoxy) is 5. The first-order chi connectivity index (χ1) is 17.5. The van der Waals surface area contributed by atoms with Crippen LogP contribution in [-0.2, 0) is 27.4 Å². The van der Waals surface area contributed by atoms with Crippen LogP contribution in [0, 0.1) is 0 Å². The van der Waals surface area contributed by atoms with Gasteiger partial charge in [0, 0.05) is 30.0 Å². The second-order valence-corrected chi connectivity index (χ2v) is 7.45. The third-order valence-electron chi connectivity index (χ3n) is 5.26.